The Balaban J connectivity index is 1.76. The number of aliphatic carboxylic acids is 1. The first-order valence-electron chi connectivity index (χ1n) is 7.59. The van der Waals surface area contributed by atoms with Crippen LogP contribution in [0.5, 0.6) is 0 Å². The van der Waals surface area contributed by atoms with Gasteiger partial charge in [-0.15, -0.1) is 0 Å². The maximum atomic E-state index is 13.9. The van der Waals surface area contributed by atoms with E-state index in [1.165, 1.54) is 24.3 Å². The largest absolute Gasteiger partial charge is 0.481 e. The number of hydrogen-bond acceptors (Lipinski definition) is 2. The summed E-state index contributed by atoms with van der Waals surface area (Å²) >= 11 is 0. The number of urea groups is 1. The fourth-order valence-electron chi connectivity index (χ4n) is 2.70. The van der Waals surface area contributed by atoms with Crippen LogP contribution in [0.25, 0.3) is 0 Å². The summed E-state index contributed by atoms with van der Waals surface area (Å²) in [5.41, 5.74) is -0.151. The predicted octanol–water partition coefficient (Wildman–Crippen LogP) is 2.72. The number of hydrogen-bond donors (Lipinski definition) is 3. The quantitative estimate of drug-likeness (QED) is 0.778. The minimum absolute atomic E-state index is 0.151. The molecule has 0 atom stereocenters. The molecule has 7 heteroatoms. The van der Waals surface area contributed by atoms with Gasteiger partial charge in [0, 0.05) is 11.6 Å². The van der Waals surface area contributed by atoms with Crippen molar-refractivity contribution in [3.8, 4) is 0 Å². The Hall–Kier alpha value is -2.18. The summed E-state index contributed by atoms with van der Waals surface area (Å²) < 4.78 is 27.9. The zero-order chi connectivity index (χ0) is 16.9. The second-order valence-corrected chi connectivity index (χ2v) is 5.78. The van der Waals surface area contributed by atoms with E-state index in [2.05, 4.69) is 10.6 Å². The molecule has 2 amide bonds. The van der Waals surface area contributed by atoms with E-state index in [4.69, 9.17) is 5.11 Å². The van der Waals surface area contributed by atoms with Crippen molar-refractivity contribution in [2.45, 2.75) is 37.6 Å². The van der Waals surface area contributed by atoms with Crippen molar-refractivity contribution >= 4 is 12.0 Å². The van der Waals surface area contributed by atoms with Gasteiger partial charge < -0.3 is 15.7 Å². The monoisotopic (exact) mass is 326 g/mol. The van der Waals surface area contributed by atoms with E-state index >= 15 is 0 Å². The van der Waals surface area contributed by atoms with Crippen LogP contribution in [0.15, 0.2) is 30.3 Å². The molecule has 0 aromatic heterocycles. The van der Waals surface area contributed by atoms with Crippen molar-refractivity contribution in [3.63, 3.8) is 0 Å². The van der Waals surface area contributed by atoms with Gasteiger partial charge in [0.25, 0.3) is 5.92 Å². The number of rotatable bonds is 5. The van der Waals surface area contributed by atoms with Gasteiger partial charge in [0.1, 0.15) is 0 Å². The van der Waals surface area contributed by atoms with E-state index in [1.54, 1.807) is 6.07 Å². The summed E-state index contributed by atoms with van der Waals surface area (Å²) in [6.07, 6.45) is 2.06. The van der Waals surface area contributed by atoms with E-state index in [0.29, 0.717) is 25.7 Å². The van der Waals surface area contributed by atoms with Crippen molar-refractivity contribution in [1.29, 1.82) is 0 Å². The maximum absolute atomic E-state index is 13.9. The summed E-state index contributed by atoms with van der Waals surface area (Å²) in [4.78, 5) is 22.6. The lowest BCUT2D eigenvalue weighted by molar-refractivity contribution is -0.142. The minimum atomic E-state index is -3.14. The second-order valence-electron chi connectivity index (χ2n) is 5.78. The normalized spacial score (nSPS) is 21.5. The molecule has 1 aliphatic rings. The van der Waals surface area contributed by atoms with E-state index in [0.717, 1.165) is 0 Å². The van der Waals surface area contributed by atoms with Gasteiger partial charge in [-0.2, -0.15) is 8.78 Å². The number of carbonyl (C=O) groups is 2. The molecule has 1 aromatic carbocycles. The average molecular weight is 326 g/mol. The smallest absolute Gasteiger partial charge is 0.315 e. The molecule has 2 rings (SSSR count). The number of nitrogens with one attached hydrogen (secondary N) is 2. The summed E-state index contributed by atoms with van der Waals surface area (Å²) in [5, 5.41) is 13.7. The highest BCUT2D eigenvalue weighted by Crippen LogP contribution is 2.27. The van der Waals surface area contributed by atoms with Crippen molar-refractivity contribution in [2.75, 3.05) is 6.54 Å². The standard InChI is InChI=1S/C16H20F2N2O3/c17-16(18,12-4-2-1-3-5-12)10-19-15(23)20-13-8-6-11(7-9-13)14(21)22/h1-5,11,13H,6-10H2,(H,21,22)(H2,19,20,23). The first-order valence-corrected chi connectivity index (χ1v) is 7.59. The molecular formula is C16H20F2N2O3. The van der Waals surface area contributed by atoms with Gasteiger partial charge in [-0.05, 0) is 25.7 Å². The highest BCUT2D eigenvalue weighted by Gasteiger charge is 2.32. The van der Waals surface area contributed by atoms with Crippen LogP contribution in [0, 0.1) is 5.92 Å². The van der Waals surface area contributed by atoms with E-state index in [9.17, 15) is 18.4 Å². The molecule has 1 aliphatic carbocycles. The number of carboxylic acids is 1. The van der Waals surface area contributed by atoms with Crippen LogP contribution in [-0.4, -0.2) is 29.7 Å². The molecule has 0 bridgehead atoms. The molecule has 0 spiro atoms. The molecule has 23 heavy (non-hydrogen) atoms. The lowest BCUT2D eigenvalue weighted by Crippen LogP contribution is -2.46. The van der Waals surface area contributed by atoms with Crippen molar-refractivity contribution in [2.24, 2.45) is 5.92 Å². The van der Waals surface area contributed by atoms with Gasteiger partial charge in [0.15, 0.2) is 0 Å². The van der Waals surface area contributed by atoms with E-state index in [-0.39, 0.29) is 17.5 Å². The number of alkyl halides is 2. The predicted molar refractivity (Wildman–Crippen MR) is 80.3 cm³/mol. The summed E-state index contributed by atoms with van der Waals surface area (Å²) in [6, 6.07) is 6.48. The van der Waals surface area contributed by atoms with Crippen LogP contribution in [0.4, 0.5) is 13.6 Å². The van der Waals surface area contributed by atoms with Crippen LogP contribution < -0.4 is 10.6 Å². The third-order valence-electron chi connectivity index (χ3n) is 4.08. The SMILES string of the molecule is O=C(NCC(F)(F)c1ccccc1)NC1CCC(C(=O)O)CC1. The Morgan fingerprint density at radius 2 is 1.74 bits per heavy atom. The minimum Gasteiger partial charge on any atom is -0.481 e. The topological polar surface area (TPSA) is 78.4 Å². The van der Waals surface area contributed by atoms with Gasteiger partial charge in [-0.25, -0.2) is 4.79 Å². The van der Waals surface area contributed by atoms with Gasteiger partial charge in [0.05, 0.1) is 12.5 Å². The molecule has 0 saturated heterocycles. The zero-order valence-corrected chi connectivity index (χ0v) is 12.6. The molecule has 1 aromatic rings. The van der Waals surface area contributed by atoms with Gasteiger partial charge in [-0.1, -0.05) is 30.3 Å². The highest BCUT2D eigenvalue weighted by molar-refractivity contribution is 5.74. The fraction of sp³-hybridized carbons (Fsp3) is 0.500. The molecule has 1 saturated carbocycles. The van der Waals surface area contributed by atoms with Crippen LogP contribution in [0.1, 0.15) is 31.2 Å². The first kappa shape index (κ1) is 17.2. The molecule has 0 aliphatic heterocycles. The lowest BCUT2D eigenvalue weighted by Gasteiger charge is -2.27. The van der Waals surface area contributed by atoms with E-state index < -0.39 is 24.5 Å². The fourth-order valence-corrected chi connectivity index (χ4v) is 2.70. The van der Waals surface area contributed by atoms with E-state index in [1.807, 2.05) is 0 Å². The molecular weight excluding hydrogens is 306 g/mol. The second kappa shape index (κ2) is 7.39. The summed E-state index contributed by atoms with van der Waals surface area (Å²) in [5.74, 6) is -4.34. The molecule has 0 radical (unpaired) electrons. The first-order chi connectivity index (χ1) is 10.9. The van der Waals surface area contributed by atoms with Crippen LogP contribution in [0.2, 0.25) is 0 Å². The third-order valence-corrected chi connectivity index (χ3v) is 4.08. The Morgan fingerprint density at radius 3 is 2.30 bits per heavy atom. The van der Waals surface area contributed by atoms with Gasteiger partial charge in [0.2, 0.25) is 0 Å². The number of benzene rings is 1. The maximum Gasteiger partial charge on any atom is 0.315 e. The van der Waals surface area contributed by atoms with Crippen molar-refractivity contribution in [3.05, 3.63) is 35.9 Å². The average Bonchev–Trinajstić information content (AvgIpc) is 2.54. The third kappa shape index (κ3) is 4.91. The van der Waals surface area contributed by atoms with Crippen molar-refractivity contribution in [1.82, 2.24) is 10.6 Å². The Labute approximate surface area is 133 Å². The molecule has 126 valence electrons. The summed E-state index contributed by atoms with van der Waals surface area (Å²) in [6.45, 7) is -0.784. The number of halogens is 2. The molecule has 0 heterocycles. The van der Waals surface area contributed by atoms with Gasteiger partial charge in [-0.3, -0.25) is 4.79 Å². The number of amides is 2. The van der Waals surface area contributed by atoms with Crippen LogP contribution >= 0.6 is 0 Å². The number of carbonyl (C=O) groups excluding carboxylic acids is 1. The van der Waals surface area contributed by atoms with Gasteiger partial charge >= 0.3 is 12.0 Å². The number of carboxylic acid groups (broad SMARTS) is 1. The molecule has 0 unspecified atom stereocenters. The molecule has 1 fully saturated rings. The van der Waals surface area contributed by atoms with Crippen LogP contribution in [0.3, 0.4) is 0 Å². The highest BCUT2D eigenvalue weighted by atomic mass is 19.3. The Bertz CT molecular complexity index is 544. The Morgan fingerprint density at radius 1 is 1.13 bits per heavy atom. The zero-order valence-electron chi connectivity index (χ0n) is 12.6. The Kier molecular flexibility index (Phi) is 5.52. The molecule has 5 nitrogen and oxygen atoms in total. The summed E-state index contributed by atoms with van der Waals surface area (Å²) in [7, 11) is 0. The lowest BCUT2D eigenvalue weighted by atomic mass is 9.86. The van der Waals surface area contributed by atoms with Crippen LogP contribution in [-0.2, 0) is 10.7 Å². The molecule has 3 N–H and O–H groups in total. The van der Waals surface area contributed by atoms with Crippen molar-refractivity contribution < 1.29 is 23.5 Å².